The number of hydrogen-bond donors (Lipinski definition) is 2. The zero-order valence-corrected chi connectivity index (χ0v) is 18.8. The van der Waals surface area contributed by atoms with Gasteiger partial charge in [-0.1, -0.05) is 36.8 Å². The van der Waals surface area contributed by atoms with Crippen molar-refractivity contribution in [3.63, 3.8) is 0 Å². The molecular formula is C24H25N3O5S. The first-order valence-electron chi connectivity index (χ1n) is 10.7. The lowest BCUT2D eigenvalue weighted by molar-refractivity contribution is -0.119. The van der Waals surface area contributed by atoms with Crippen molar-refractivity contribution in [2.75, 3.05) is 30.7 Å². The summed E-state index contributed by atoms with van der Waals surface area (Å²) in [6.45, 7) is 0.452. The molecule has 3 N–H and O–H groups in total. The Balaban J connectivity index is 1.40. The molecule has 172 valence electrons. The third-order valence-corrected chi connectivity index (χ3v) is 7.44. The predicted octanol–water partition coefficient (Wildman–Crippen LogP) is 3.39. The number of rotatable bonds is 6. The Morgan fingerprint density at radius 3 is 2.36 bits per heavy atom. The first-order valence-corrected chi connectivity index (χ1v) is 12.1. The van der Waals surface area contributed by atoms with Gasteiger partial charge in [-0.3, -0.25) is 4.79 Å². The van der Waals surface area contributed by atoms with Gasteiger partial charge in [0.25, 0.3) is 5.91 Å². The second kappa shape index (κ2) is 9.60. The van der Waals surface area contributed by atoms with E-state index >= 15 is 0 Å². The maximum Gasteiger partial charge on any atom is 0.340 e. The van der Waals surface area contributed by atoms with Gasteiger partial charge in [-0.15, -0.1) is 0 Å². The van der Waals surface area contributed by atoms with E-state index in [1.165, 1.54) is 16.4 Å². The molecule has 1 heterocycles. The summed E-state index contributed by atoms with van der Waals surface area (Å²) < 4.78 is 32.3. The van der Waals surface area contributed by atoms with Crippen LogP contribution in [-0.4, -0.2) is 44.3 Å². The Morgan fingerprint density at radius 2 is 1.64 bits per heavy atom. The number of benzene rings is 3. The van der Waals surface area contributed by atoms with Gasteiger partial charge in [0.1, 0.15) is 0 Å². The van der Waals surface area contributed by atoms with Crippen LogP contribution in [0.5, 0.6) is 0 Å². The molecule has 0 aromatic heterocycles. The molecule has 1 saturated heterocycles. The maximum atomic E-state index is 12.9. The van der Waals surface area contributed by atoms with Gasteiger partial charge in [0.05, 0.1) is 10.5 Å². The second-order valence-corrected chi connectivity index (χ2v) is 9.84. The lowest BCUT2D eigenvalue weighted by Gasteiger charge is -2.26. The van der Waals surface area contributed by atoms with Crippen molar-refractivity contribution in [3.8, 4) is 0 Å². The van der Waals surface area contributed by atoms with E-state index in [9.17, 15) is 18.0 Å². The Kier molecular flexibility index (Phi) is 6.62. The van der Waals surface area contributed by atoms with Gasteiger partial charge < -0.3 is 15.8 Å². The van der Waals surface area contributed by atoms with Crippen LogP contribution in [0.15, 0.2) is 65.6 Å². The standard InChI is InChI=1S/C24H25N3O5S/c25-22-14-18-8-3-2-7-17(18)13-21(22)24(29)32-16-23(28)26-19-9-6-10-20(15-19)33(30,31)27-11-4-1-5-12-27/h2-3,6-10,13-15H,1,4-5,11-12,16,25H2,(H,26,28). The Hall–Kier alpha value is -3.43. The summed E-state index contributed by atoms with van der Waals surface area (Å²) in [6.07, 6.45) is 2.69. The molecule has 1 aliphatic heterocycles. The molecule has 8 nitrogen and oxygen atoms in total. The molecule has 4 rings (SSSR count). The molecule has 1 aliphatic rings. The number of nitrogens with two attached hydrogens (primary N) is 1. The molecule has 9 heteroatoms. The van der Waals surface area contributed by atoms with Crippen LogP contribution in [0.4, 0.5) is 11.4 Å². The molecule has 3 aromatic rings. The van der Waals surface area contributed by atoms with Crippen LogP contribution in [0.2, 0.25) is 0 Å². The Labute approximate surface area is 192 Å². The van der Waals surface area contributed by atoms with Gasteiger partial charge in [-0.05, 0) is 53.9 Å². The summed E-state index contributed by atoms with van der Waals surface area (Å²) in [6, 6.07) is 16.8. The van der Waals surface area contributed by atoms with Crippen LogP contribution >= 0.6 is 0 Å². The summed E-state index contributed by atoms with van der Waals surface area (Å²) in [7, 11) is -3.62. The number of fused-ring (bicyclic) bond motifs is 1. The average Bonchev–Trinajstić information content (AvgIpc) is 2.83. The molecule has 33 heavy (non-hydrogen) atoms. The molecule has 0 aliphatic carbocycles. The number of hydrogen-bond acceptors (Lipinski definition) is 6. The molecule has 0 bridgehead atoms. The van der Waals surface area contributed by atoms with Crippen molar-refractivity contribution in [1.29, 1.82) is 0 Å². The molecule has 1 amide bonds. The van der Waals surface area contributed by atoms with Gasteiger partial charge >= 0.3 is 5.97 Å². The fraction of sp³-hybridized carbons (Fsp3) is 0.250. The normalized spacial score (nSPS) is 14.7. The molecule has 0 spiro atoms. The van der Waals surface area contributed by atoms with Crippen LogP contribution in [0, 0.1) is 0 Å². The minimum absolute atomic E-state index is 0.114. The van der Waals surface area contributed by atoms with Gasteiger partial charge in [-0.2, -0.15) is 4.31 Å². The number of piperidine rings is 1. The minimum atomic E-state index is -3.62. The lowest BCUT2D eigenvalue weighted by Crippen LogP contribution is -2.35. The van der Waals surface area contributed by atoms with Crippen molar-refractivity contribution < 1.29 is 22.7 Å². The minimum Gasteiger partial charge on any atom is -0.452 e. The van der Waals surface area contributed by atoms with Gasteiger partial charge in [0, 0.05) is 24.5 Å². The second-order valence-electron chi connectivity index (χ2n) is 7.90. The molecule has 1 fully saturated rings. The van der Waals surface area contributed by atoms with Crippen molar-refractivity contribution in [2.24, 2.45) is 0 Å². The molecule has 0 unspecified atom stereocenters. The van der Waals surface area contributed by atoms with Crippen LogP contribution < -0.4 is 11.1 Å². The van der Waals surface area contributed by atoms with E-state index in [2.05, 4.69) is 5.32 Å². The zero-order valence-electron chi connectivity index (χ0n) is 18.0. The quantitative estimate of drug-likeness (QED) is 0.424. The molecular weight excluding hydrogens is 442 g/mol. The molecule has 0 atom stereocenters. The van der Waals surface area contributed by atoms with Crippen LogP contribution in [0.3, 0.4) is 0 Å². The summed E-state index contributed by atoms with van der Waals surface area (Å²) in [5, 5.41) is 4.30. The number of nitrogens with zero attached hydrogens (tertiary/aromatic N) is 1. The van der Waals surface area contributed by atoms with Crippen molar-refractivity contribution >= 4 is 44.0 Å². The number of amides is 1. The number of ether oxygens (including phenoxy) is 1. The average molecular weight is 468 g/mol. The highest BCUT2D eigenvalue weighted by Crippen LogP contribution is 2.24. The number of carbonyl (C=O) groups excluding carboxylic acids is 2. The number of carbonyl (C=O) groups is 2. The highest BCUT2D eigenvalue weighted by Gasteiger charge is 2.26. The molecule has 0 radical (unpaired) electrons. The fourth-order valence-electron chi connectivity index (χ4n) is 3.83. The number of sulfonamides is 1. The monoisotopic (exact) mass is 467 g/mol. The zero-order chi connectivity index (χ0) is 23.4. The first kappa shape index (κ1) is 22.8. The van der Waals surface area contributed by atoms with E-state index in [4.69, 9.17) is 10.5 Å². The van der Waals surface area contributed by atoms with Gasteiger partial charge in [0.2, 0.25) is 10.0 Å². The Bertz CT molecular complexity index is 1300. The molecule has 0 saturated carbocycles. The van der Waals surface area contributed by atoms with Gasteiger partial charge in [0.15, 0.2) is 6.61 Å². The van der Waals surface area contributed by atoms with Crippen LogP contribution in [-0.2, 0) is 19.6 Å². The largest absolute Gasteiger partial charge is 0.452 e. The maximum absolute atomic E-state index is 12.9. The summed E-state index contributed by atoms with van der Waals surface area (Å²) in [5.74, 6) is -1.30. The van der Waals surface area contributed by atoms with Crippen LogP contribution in [0.25, 0.3) is 10.8 Å². The fourth-order valence-corrected chi connectivity index (χ4v) is 5.39. The number of nitrogens with one attached hydrogen (secondary N) is 1. The highest BCUT2D eigenvalue weighted by molar-refractivity contribution is 7.89. The number of esters is 1. The van der Waals surface area contributed by atoms with E-state index in [0.717, 1.165) is 30.0 Å². The van der Waals surface area contributed by atoms with Crippen molar-refractivity contribution in [2.45, 2.75) is 24.2 Å². The topological polar surface area (TPSA) is 119 Å². The van der Waals surface area contributed by atoms with E-state index in [1.807, 2.05) is 24.3 Å². The van der Waals surface area contributed by atoms with Gasteiger partial charge in [-0.25, -0.2) is 13.2 Å². The third-order valence-electron chi connectivity index (χ3n) is 5.54. The Morgan fingerprint density at radius 1 is 0.939 bits per heavy atom. The summed E-state index contributed by atoms with van der Waals surface area (Å²) >= 11 is 0. The van der Waals surface area contributed by atoms with E-state index in [-0.39, 0.29) is 16.1 Å². The van der Waals surface area contributed by atoms with E-state index in [1.54, 1.807) is 24.3 Å². The van der Waals surface area contributed by atoms with E-state index in [0.29, 0.717) is 18.8 Å². The number of nitrogen functional groups attached to an aromatic ring is 1. The smallest absolute Gasteiger partial charge is 0.340 e. The SMILES string of the molecule is Nc1cc2ccccc2cc1C(=O)OCC(=O)Nc1cccc(S(=O)(=O)N2CCCCC2)c1. The predicted molar refractivity (Wildman–Crippen MR) is 126 cm³/mol. The number of anilines is 2. The summed E-state index contributed by atoms with van der Waals surface area (Å²) in [4.78, 5) is 24.9. The summed E-state index contributed by atoms with van der Waals surface area (Å²) in [5.41, 5.74) is 6.72. The van der Waals surface area contributed by atoms with Crippen LogP contribution in [0.1, 0.15) is 29.6 Å². The lowest BCUT2D eigenvalue weighted by atomic mass is 10.1. The van der Waals surface area contributed by atoms with Crippen molar-refractivity contribution in [3.05, 3.63) is 66.2 Å². The third kappa shape index (κ3) is 5.15. The molecule has 3 aromatic carbocycles. The van der Waals surface area contributed by atoms with E-state index < -0.39 is 28.5 Å². The van der Waals surface area contributed by atoms with Crippen molar-refractivity contribution in [1.82, 2.24) is 4.31 Å². The highest BCUT2D eigenvalue weighted by atomic mass is 32.2. The first-order chi connectivity index (χ1) is 15.8.